The largest absolute Gasteiger partial charge is 0.443 e. The Morgan fingerprint density at radius 1 is 0.919 bits per heavy atom. The number of carbonyl (C=O) groups is 1. The first-order valence-corrected chi connectivity index (χ1v) is 14.6. The highest BCUT2D eigenvalue weighted by Gasteiger charge is 2.36. The molecule has 6 rings (SSSR count). The van der Waals surface area contributed by atoms with Gasteiger partial charge in [0, 0.05) is 33.3 Å². The third kappa shape index (κ3) is 4.75. The quantitative estimate of drug-likeness (QED) is 0.208. The first-order chi connectivity index (χ1) is 18.0. The fraction of sp³-hybridized carbons (Fsp3) is 0.115. The van der Waals surface area contributed by atoms with Gasteiger partial charge in [0.05, 0.1) is 5.69 Å². The second-order valence-corrected chi connectivity index (χ2v) is 11.8. The van der Waals surface area contributed by atoms with Crippen molar-refractivity contribution < 1.29 is 9.53 Å². The fourth-order valence-corrected chi connectivity index (χ4v) is 6.70. The van der Waals surface area contributed by atoms with E-state index < -0.39 is 6.23 Å². The molecule has 3 aromatic heterocycles. The van der Waals surface area contributed by atoms with E-state index in [0.717, 1.165) is 46.9 Å². The van der Waals surface area contributed by atoms with Crippen LogP contribution in [-0.2, 0) is 9.53 Å². The Hall–Kier alpha value is -3.25. The molecule has 1 aliphatic rings. The summed E-state index contributed by atoms with van der Waals surface area (Å²) in [6, 6.07) is 18.0. The number of benzene rings is 2. The van der Waals surface area contributed by atoms with Gasteiger partial charge in [-0.25, -0.2) is 15.0 Å². The molecule has 5 aromatic rings. The zero-order valence-corrected chi connectivity index (χ0v) is 23.6. The molecule has 2 aromatic carbocycles. The normalized spacial score (nSPS) is 15.1. The summed E-state index contributed by atoms with van der Waals surface area (Å²) in [6.07, 6.45) is -0.734. The number of ether oxygens (including phenoxy) is 1. The van der Waals surface area contributed by atoms with Gasteiger partial charge in [0.15, 0.2) is 0 Å². The van der Waals surface area contributed by atoms with E-state index in [9.17, 15) is 4.79 Å². The Bertz CT molecular complexity index is 1630. The lowest BCUT2D eigenvalue weighted by Gasteiger charge is -2.16. The lowest BCUT2D eigenvalue weighted by Crippen LogP contribution is -2.25. The molecule has 0 aliphatic carbocycles. The van der Waals surface area contributed by atoms with Crippen LogP contribution in [-0.4, -0.2) is 31.8 Å². The second-order valence-electron chi connectivity index (χ2n) is 8.16. The monoisotopic (exact) mass is 607 g/mol. The van der Waals surface area contributed by atoms with Crippen LogP contribution in [0.4, 0.5) is 0 Å². The number of hydrogen-bond donors (Lipinski definition) is 0. The number of aromatic nitrogens is 3. The van der Waals surface area contributed by atoms with Crippen LogP contribution in [0.25, 0.3) is 31.8 Å². The Morgan fingerprint density at radius 3 is 2.38 bits per heavy atom. The smallest absolute Gasteiger partial charge is 0.253 e. The predicted molar refractivity (Wildman–Crippen MR) is 152 cm³/mol. The molecular weight excluding hydrogens is 590 g/mol. The molecule has 1 atom stereocenters. The summed E-state index contributed by atoms with van der Waals surface area (Å²) in [4.78, 5) is 27.5. The van der Waals surface area contributed by atoms with Crippen molar-refractivity contribution in [3.05, 3.63) is 86.1 Å². The molecule has 0 saturated heterocycles. The fourth-order valence-electron chi connectivity index (χ4n) is 3.76. The number of halogens is 1. The van der Waals surface area contributed by atoms with Crippen molar-refractivity contribution in [2.45, 2.75) is 20.1 Å². The van der Waals surface area contributed by atoms with E-state index in [-0.39, 0.29) is 5.91 Å². The molecule has 1 amide bonds. The van der Waals surface area contributed by atoms with E-state index >= 15 is 0 Å². The number of carbonyl (C=O) groups excluding carboxylic acids is 1. The van der Waals surface area contributed by atoms with E-state index in [4.69, 9.17) is 19.7 Å². The van der Waals surface area contributed by atoms with Crippen LogP contribution in [0.1, 0.15) is 29.4 Å². The predicted octanol–water partition coefficient (Wildman–Crippen LogP) is 7.37. The van der Waals surface area contributed by atoms with Gasteiger partial charge in [0.1, 0.15) is 31.3 Å². The lowest BCUT2D eigenvalue weighted by atomic mass is 10.2. The highest BCUT2D eigenvalue weighted by Crippen LogP contribution is 2.37. The molecule has 37 heavy (non-hydrogen) atoms. The summed E-state index contributed by atoms with van der Waals surface area (Å²) in [5.41, 5.74) is 4.27. The van der Waals surface area contributed by atoms with Crippen LogP contribution in [0, 0.1) is 6.92 Å². The Balaban J connectivity index is 1.27. The molecule has 11 heteroatoms. The third-order valence-corrected chi connectivity index (χ3v) is 9.07. The van der Waals surface area contributed by atoms with E-state index in [0.29, 0.717) is 11.6 Å². The molecule has 1 aliphatic heterocycles. The Labute approximate surface area is 233 Å². The number of rotatable bonds is 5. The van der Waals surface area contributed by atoms with Crippen molar-refractivity contribution in [1.82, 2.24) is 20.0 Å². The SMILES string of the molecule is CC(=O)N1N=C(c2sc(-c3csc(-c4ccccc4)n3)nc2C)OC1c1csc(-c2ccc(Br)cc2)n1. The second kappa shape index (κ2) is 9.90. The van der Waals surface area contributed by atoms with Gasteiger partial charge in [-0.3, -0.25) is 4.79 Å². The van der Waals surface area contributed by atoms with Gasteiger partial charge < -0.3 is 4.74 Å². The molecule has 1 unspecified atom stereocenters. The summed E-state index contributed by atoms with van der Waals surface area (Å²) in [7, 11) is 0. The van der Waals surface area contributed by atoms with Gasteiger partial charge in [0.25, 0.3) is 5.90 Å². The summed E-state index contributed by atoms with van der Waals surface area (Å²) in [5.74, 6) is 0.130. The van der Waals surface area contributed by atoms with Crippen LogP contribution in [0.15, 0.2) is 74.9 Å². The van der Waals surface area contributed by atoms with Crippen molar-refractivity contribution >= 4 is 61.7 Å². The zero-order chi connectivity index (χ0) is 25.5. The Kier molecular flexibility index (Phi) is 6.45. The summed E-state index contributed by atoms with van der Waals surface area (Å²) in [5, 5.41) is 12.3. The maximum absolute atomic E-state index is 12.5. The minimum absolute atomic E-state index is 0.229. The molecule has 0 N–H and O–H groups in total. The van der Waals surface area contributed by atoms with E-state index in [1.807, 2.05) is 72.3 Å². The Morgan fingerprint density at radius 2 is 1.62 bits per heavy atom. The molecule has 4 heterocycles. The van der Waals surface area contributed by atoms with Gasteiger partial charge in [-0.15, -0.1) is 39.1 Å². The number of hydrogen-bond acceptors (Lipinski definition) is 9. The number of nitrogens with zero attached hydrogens (tertiary/aromatic N) is 5. The molecule has 0 radical (unpaired) electrons. The van der Waals surface area contributed by atoms with E-state index in [1.165, 1.54) is 34.6 Å². The molecule has 0 bridgehead atoms. The number of thiazole rings is 3. The number of amides is 1. The van der Waals surface area contributed by atoms with Crippen molar-refractivity contribution in [3.63, 3.8) is 0 Å². The van der Waals surface area contributed by atoms with Crippen molar-refractivity contribution in [3.8, 4) is 31.8 Å². The number of aryl methyl sites for hydroxylation is 1. The van der Waals surface area contributed by atoms with Crippen LogP contribution in [0.2, 0.25) is 0 Å². The minimum atomic E-state index is -0.734. The summed E-state index contributed by atoms with van der Waals surface area (Å²) >= 11 is 7.99. The lowest BCUT2D eigenvalue weighted by molar-refractivity contribution is -0.135. The highest BCUT2D eigenvalue weighted by molar-refractivity contribution is 9.10. The topological polar surface area (TPSA) is 80.6 Å². The highest BCUT2D eigenvalue weighted by atomic mass is 79.9. The van der Waals surface area contributed by atoms with Crippen LogP contribution in [0.3, 0.4) is 0 Å². The molecule has 0 fully saturated rings. The molecule has 184 valence electrons. The molecule has 0 spiro atoms. The third-order valence-electron chi connectivity index (χ3n) is 5.57. The average molecular weight is 609 g/mol. The van der Waals surface area contributed by atoms with E-state index in [2.05, 4.69) is 21.0 Å². The van der Waals surface area contributed by atoms with E-state index in [1.54, 1.807) is 11.3 Å². The van der Waals surface area contributed by atoms with Gasteiger partial charge in [-0.05, 0) is 19.1 Å². The van der Waals surface area contributed by atoms with Gasteiger partial charge in [-0.2, -0.15) is 5.01 Å². The molecule has 0 saturated carbocycles. The number of hydrazone groups is 1. The first-order valence-electron chi connectivity index (χ1n) is 11.2. The van der Waals surface area contributed by atoms with Crippen LogP contribution < -0.4 is 0 Å². The average Bonchev–Trinajstić information content (AvgIpc) is 3.70. The van der Waals surface area contributed by atoms with Crippen molar-refractivity contribution in [2.24, 2.45) is 5.10 Å². The van der Waals surface area contributed by atoms with Gasteiger partial charge in [0.2, 0.25) is 12.1 Å². The molecular formula is C26H18BrN5O2S3. The van der Waals surface area contributed by atoms with Crippen molar-refractivity contribution in [1.29, 1.82) is 0 Å². The van der Waals surface area contributed by atoms with Gasteiger partial charge >= 0.3 is 0 Å². The van der Waals surface area contributed by atoms with Gasteiger partial charge in [-0.1, -0.05) is 58.4 Å². The van der Waals surface area contributed by atoms with Crippen LogP contribution >= 0.6 is 49.9 Å². The van der Waals surface area contributed by atoms with Crippen molar-refractivity contribution in [2.75, 3.05) is 0 Å². The zero-order valence-electron chi connectivity index (χ0n) is 19.6. The summed E-state index contributed by atoms with van der Waals surface area (Å²) in [6.45, 7) is 3.38. The van der Waals surface area contributed by atoms with Crippen LogP contribution in [0.5, 0.6) is 0 Å². The molecule has 7 nitrogen and oxygen atoms in total. The first kappa shape index (κ1) is 24.1. The summed E-state index contributed by atoms with van der Waals surface area (Å²) < 4.78 is 7.23. The minimum Gasteiger partial charge on any atom is -0.443 e. The maximum Gasteiger partial charge on any atom is 0.253 e. The standard InChI is InChI=1S/C26H18BrN5O2S3/c1-14-21(37-25(28-14)19-12-35-23(29-19)16-6-4-3-5-7-16)22-31-32(15(2)33)26(34-22)20-13-36-24(30-20)17-8-10-18(27)11-9-17/h3-13,26H,1-2H3. The maximum atomic E-state index is 12.5.